The molecule has 0 fully saturated rings. The number of hydrogen-bond acceptors (Lipinski definition) is 1. The smallest absolute Gasteiger partial charge is 0.138 e. The van der Waals surface area contributed by atoms with Crippen LogP contribution in [0.15, 0.2) is 16.6 Å². The molecule has 0 aliphatic rings. The van der Waals surface area contributed by atoms with Crippen molar-refractivity contribution in [1.82, 2.24) is 4.98 Å². The molecule has 0 radical (unpaired) electrons. The minimum Gasteiger partial charge on any atom is -0.252 e. The summed E-state index contributed by atoms with van der Waals surface area (Å²) in [6.45, 7) is 3.85. The van der Waals surface area contributed by atoms with Crippen LogP contribution < -0.4 is 0 Å². The predicted octanol–water partition coefficient (Wildman–Crippen LogP) is 4.66. The average molecular weight is 303 g/mol. The van der Waals surface area contributed by atoms with E-state index in [2.05, 4.69) is 20.9 Å². The molecular weight excluding hydrogens is 292 g/mol. The molecule has 0 aliphatic carbocycles. The Balaban J connectivity index is 2.94. The van der Waals surface area contributed by atoms with Crippen LogP contribution in [0.5, 0.6) is 0 Å². The summed E-state index contributed by atoms with van der Waals surface area (Å²) in [5.74, 6) is -0.307. The maximum Gasteiger partial charge on any atom is 0.138 e. The number of aromatic nitrogens is 1. The maximum atomic E-state index is 13.5. The molecule has 84 valence electrons. The van der Waals surface area contributed by atoms with Gasteiger partial charge in [0.2, 0.25) is 0 Å². The van der Waals surface area contributed by atoms with Gasteiger partial charge in [-0.25, -0.2) is 4.39 Å². The first-order chi connectivity index (χ1) is 7.54. The van der Waals surface area contributed by atoms with Crippen LogP contribution in [0, 0.1) is 12.7 Å². The lowest BCUT2D eigenvalue weighted by Crippen LogP contribution is -1.94. The van der Waals surface area contributed by atoms with Crippen molar-refractivity contribution in [1.29, 1.82) is 0 Å². The fourth-order valence-corrected chi connectivity index (χ4v) is 2.62. The molecule has 1 aromatic heterocycles. The summed E-state index contributed by atoms with van der Waals surface area (Å²) in [4.78, 5) is 4.47. The molecule has 0 atom stereocenters. The van der Waals surface area contributed by atoms with Crippen LogP contribution in [-0.2, 0) is 6.42 Å². The quantitative estimate of drug-likeness (QED) is 0.746. The predicted molar refractivity (Wildman–Crippen MR) is 68.5 cm³/mol. The first-order valence-corrected chi connectivity index (χ1v) is 6.15. The molecule has 0 aliphatic heterocycles. The van der Waals surface area contributed by atoms with E-state index >= 15 is 0 Å². The Bertz CT molecular complexity index is 569. The van der Waals surface area contributed by atoms with Crippen LogP contribution in [0.2, 0.25) is 5.02 Å². The standard InChI is InChI=1S/C12H10BrClFN/c1-3-7-5-8(14)10-11(13)9(15)4-6(2)12(10)16-7/h4-5H,3H2,1-2H3. The highest BCUT2D eigenvalue weighted by molar-refractivity contribution is 9.10. The van der Waals surface area contributed by atoms with Gasteiger partial charge in [-0.3, -0.25) is 4.98 Å². The van der Waals surface area contributed by atoms with Gasteiger partial charge in [0.1, 0.15) is 5.82 Å². The van der Waals surface area contributed by atoms with Crippen molar-refractivity contribution in [3.05, 3.63) is 38.7 Å². The van der Waals surface area contributed by atoms with E-state index in [1.807, 2.05) is 13.8 Å². The van der Waals surface area contributed by atoms with Crippen molar-refractivity contribution in [2.75, 3.05) is 0 Å². The summed E-state index contributed by atoms with van der Waals surface area (Å²) in [7, 11) is 0. The molecule has 0 saturated carbocycles. The molecule has 1 heterocycles. The Morgan fingerprint density at radius 3 is 2.75 bits per heavy atom. The van der Waals surface area contributed by atoms with Crippen LogP contribution in [-0.4, -0.2) is 4.98 Å². The van der Waals surface area contributed by atoms with E-state index in [1.165, 1.54) is 6.07 Å². The highest BCUT2D eigenvalue weighted by Crippen LogP contribution is 2.34. The summed E-state index contributed by atoms with van der Waals surface area (Å²) < 4.78 is 13.9. The molecule has 1 aromatic carbocycles. The third kappa shape index (κ3) is 1.82. The average Bonchev–Trinajstić information content (AvgIpc) is 2.25. The highest BCUT2D eigenvalue weighted by Gasteiger charge is 2.13. The van der Waals surface area contributed by atoms with Gasteiger partial charge in [0.25, 0.3) is 0 Å². The fourth-order valence-electron chi connectivity index (χ4n) is 1.68. The minimum absolute atomic E-state index is 0.307. The highest BCUT2D eigenvalue weighted by atomic mass is 79.9. The van der Waals surface area contributed by atoms with Gasteiger partial charge in [0, 0.05) is 11.1 Å². The molecule has 4 heteroatoms. The Kier molecular flexibility index (Phi) is 3.17. The van der Waals surface area contributed by atoms with E-state index in [9.17, 15) is 4.39 Å². The number of hydrogen-bond donors (Lipinski definition) is 0. The molecule has 2 aromatic rings. The zero-order valence-corrected chi connectivity index (χ0v) is 11.3. The Morgan fingerprint density at radius 1 is 1.44 bits per heavy atom. The van der Waals surface area contributed by atoms with Gasteiger partial charge in [-0.2, -0.15) is 0 Å². The van der Waals surface area contributed by atoms with Gasteiger partial charge in [-0.05, 0) is 47.0 Å². The molecule has 0 saturated heterocycles. The number of halogens is 3. The van der Waals surface area contributed by atoms with E-state index in [0.717, 1.165) is 23.2 Å². The fraction of sp³-hybridized carbons (Fsp3) is 0.250. The van der Waals surface area contributed by atoms with Gasteiger partial charge in [-0.15, -0.1) is 0 Å². The van der Waals surface area contributed by atoms with Gasteiger partial charge < -0.3 is 0 Å². The van der Waals surface area contributed by atoms with Crippen molar-refractivity contribution in [3.63, 3.8) is 0 Å². The summed E-state index contributed by atoms with van der Waals surface area (Å²) in [6.07, 6.45) is 0.810. The van der Waals surface area contributed by atoms with E-state index in [-0.39, 0.29) is 5.82 Å². The Morgan fingerprint density at radius 2 is 2.12 bits per heavy atom. The van der Waals surface area contributed by atoms with Gasteiger partial charge in [0.05, 0.1) is 15.0 Å². The Hall–Kier alpha value is -0.670. The molecule has 0 unspecified atom stereocenters. The van der Waals surface area contributed by atoms with Crippen molar-refractivity contribution in [2.24, 2.45) is 0 Å². The first-order valence-electron chi connectivity index (χ1n) is 4.98. The molecule has 1 nitrogen and oxygen atoms in total. The van der Waals surface area contributed by atoms with E-state index in [0.29, 0.717) is 14.9 Å². The number of fused-ring (bicyclic) bond motifs is 1. The molecule has 16 heavy (non-hydrogen) atoms. The monoisotopic (exact) mass is 301 g/mol. The molecule has 0 bridgehead atoms. The molecule has 0 amide bonds. The van der Waals surface area contributed by atoms with Crippen LogP contribution in [0.1, 0.15) is 18.2 Å². The second kappa shape index (κ2) is 4.30. The number of nitrogens with zero attached hydrogens (tertiary/aromatic N) is 1. The van der Waals surface area contributed by atoms with Crippen LogP contribution in [0.25, 0.3) is 10.9 Å². The minimum atomic E-state index is -0.307. The number of benzene rings is 1. The molecule has 0 N–H and O–H groups in total. The van der Waals surface area contributed by atoms with Crippen LogP contribution in [0.3, 0.4) is 0 Å². The van der Waals surface area contributed by atoms with E-state index < -0.39 is 0 Å². The summed E-state index contributed by atoms with van der Waals surface area (Å²) >= 11 is 9.37. The second-order valence-corrected chi connectivity index (χ2v) is 4.86. The second-order valence-electron chi connectivity index (χ2n) is 3.66. The third-order valence-corrected chi connectivity index (χ3v) is 3.61. The summed E-state index contributed by atoms with van der Waals surface area (Å²) in [5.41, 5.74) is 2.48. The zero-order valence-electron chi connectivity index (χ0n) is 8.94. The first kappa shape index (κ1) is 11.8. The van der Waals surface area contributed by atoms with Crippen molar-refractivity contribution in [2.45, 2.75) is 20.3 Å². The SMILES string of the molecule is CCc1cc(Cl)c2c(Br)c(F)cc(C)c2n1. The lowest BCUT2D eigenvalue weighted by Gasteiger charge is -2.09. The van der Waals surface area contributed by atoms with Gasteiger partial charge in [-0.1, -0.05) is 18.5 Å². The lowest BCUT2D eigenvalue weighted by atomic mass is 10.1. The zero-order chi connectivity index (χ0) is 11.9. The van der Waals surface area contributed by atoms with Crippen molar-refractivity contribution in [3.8, 4) is 0 Å². The van der Waals surface area contributed by atoms with Crippen LogP contribution >= 0.6 is 27.5 Å². The lowest BCUT2D eigenvalue weighted by molar-refractivity contribution is 0.622. The van der Waals surface area contributed by atoms with E-state index in [1.54, 1.807) is 6.07 Å². The van der Waals surface area contributed by atoms with Crippen LogP contribution in [0.4, 0.5) is 4.39 Å². The number of aryl methyl sites for hydroxylation is 2. The van der Waals surface area contributed by atoms with E-state index in [4.69, 9.17) is 11.6 Å². The number of rotatable bonds is 1. The topological polar surface area (TPSA) is 12.9 Å². The van der Waals surface area contributed by atoms with Gasteiger partial charge >= 0.3 is 0 Å². The number of pyridine rings is 1. The normalized spacial score (nSPS) is 11.1. The molecule has 0 spiro atoms. The molecule has 2 rings (SSSR count). The Labute approximate surface area is 107 Å². The third-order valence-electron chi connectivity index (χ3n) is 2.53. The van der Waals surface area contributed by atoms with Gasteiger partial charge in [0.15, 0.2) is 0 Å². The largest absolute Gasteiger partial charge is 0.252 e. The summed E-state index contributed by atoms with van der Waals surface area (Å²) in [6, 6.07) is 3.25. The molecular formula is C12H10BrClFN. The van der Waals surface area contributed by atoms with Crippen molar-refractivity contribution >= 4 is 38.4 Å². The summed E-state index contributed by atoms with van der Waals surface area (Å²) in [5, 5.41) is 1.19. The maximum absolute atomic E-state index is 13.5. The van der Waals surface area contributed by atoms with Crippen molar-refractivity contribution < 1.29 is 4.39 Å².